The third kappa shape index (κ3) is 3.64. The Morgan fingerprint density at radius 2 is 2.00 bits per heavy atom. The summed E-state index contributed by atoms with van der Waals surface area (Å²) in [5.74, 6) is 0.555. The molecule has 1 fully saturated rings. The van der Waals surface area contributed by atoms with Crippen molar-refractivity contribution in [3.63, 3.8) is 0 Å². The molecule has 1 heterocycles. The second-order valence-corrected chi connectivity index (χ2v) is 6.81. The molecule has 0 saturated heterocycles. The van der Waals surface area contributed by atoms with Crippen molar-refractivity contribution in [3.8, 4) is 0 Å². The third-order valence-corrected chi connectivity index (χ3v) is 5.17. The second kappa shape index (κ2) is 7.18. The first-order valence-corrected chi connectivity index (χ1v) is 8.96. The lowest BCUT2D eigenvalue weighted by molar-refractivity contribution is -0.129. The highest BCUT2D eigenvalue weighted by Crippen LogP contribution is 2.25. The minimum Gasteiger partial charge on any atom is -0.431 e. The van der Waals surface area contributed by atoms with E-state index in [0.29, 0.717) is 17.0 Å². The Kier molecular flexibility index (Phi) is 5.03. The Morgan fingerprint density at radius 1 is 1.27 bits per heavy atom. The third-order valence-electron chi connectivity index (χ3n) is 4.36. The van der Waals surface area contributed by atoms with Gasteiger partial charge in [-0.3, -0.25) is 4.79 Å². The summed E-state index contributed by atoms with van der Waals surface area (Å²) in [7, 11) is 1.94. The van der Waals surface area contributed by atoms with Crippen LogP contribution in [-0.2, 0) is 4.79 Å². The number of benzene rings is 1. The Labute approximate surface area is 135 Å². The predicted molar refractivity (Wildman–Crippen MR) is 89.0 cm³/mol. The summed E-state index contributed by atoms with van der Waals surface area (Å²) < 4.78 is 5.64. The van der Waals surface area contributed by atoms with Crippen LogP contribution in [0.3, 0.4) is 0 Å². The maximum atomic E-state index is 12.4. The van der Waals surface area contributed by atoms with Gasteiger partial charge in [-0.2, -0.15) is 0 Å². The lowest BCUT2D eigenvalue weighted by atomic mass is 10.1. The number of para-hydroxylation sites is 2. The molecule has 1 aliphatic carbocycles. The van der Waals surface area contributed by atoms with Gasteiger partial charge >= 0.3 is 0 Å². The molecule has 22 heavy (non-hydrogen) atoms. The normalized spacial score (nSPS) is 16.6. The number of amides is 1. The summed E-state index contributed by atoms with van der Waals surface area (Å²) >= 11 is 1.38. The number of rotatable bonds is 4. The number of hydrogen-bond acceptors (Lipinski definition) is 4. The number of fused-ring (bicyclic) bond motifs is 1. The molecule has 1 amide bonds. The molecule has 1 saturated carbocycles. The maximum absolute atomic E-state index is 12.4. The predicted octanol–water partition coefficient (Wildman–Crippen LogP) is 4.10. The molecule has 0 spiro atoms. The summed E-state index contributed by atoms with van der Waals surface area (Å²) in [6.45, 7) is 0. The number of hydrogen-bond donors (Lipinski definition) is 0. The van der Waals surface area contributed by atoms with Crippen molar-refractivity contribution in [2.24, 2.45) is 0 Å². The van der Waals surface area contributed by atoms with Crippen LogP contribution in [0, 0.1) is 0 Å². The van der Waals surface area contributed by atoms with Crippen molar-refractivity contribution < 1.29 is 9.21 Å². The fourth-order valence-electron chi connectivity index (χ4n) is 2.99. The van der Waals surface area contributed by atoms with Gasteiger partial charge in [0.15, 0.2) is 5.58 Å². The van der Waals surface area contributed by atoms with Crippen molar-refractivity contribution in [3.05, 3.63) is 24.3 Å². The standard InChI is InChI=1S/C17H22N2O2S/c1-19(13-8-4-2-3-5-9-13)16(20)12-22-17-18-14-10-6-7-11-15(14)21-17/h6-7,10-11,13H,2-5,8-9,12H2,1H3. The van der Waals surface area contributed by atoms with Gasteiger partial charge in [0, 0.05) is 13.1 Å². The second-order valence-electron chi connectivity index (χ2n) is 5.89. The molecular weight excluding hydrogens is 296 g/mol. The van der Waals surface area contributed by atoms with Gasteiger partial charge in [-0.1, -0.05) is 49.6 Å². The van der Waals surface area contributed by atoms with Gasteiger partial charge in [-0.05, 0) is 25.0 Å². The number of oxazole rings is 1. The summed E-state index contributed by atoms with van der Waals surface area (Å²) in [5.41, 5.74) is 1.61. The number of carbonyl (C=O) groups is 1. The summed E-state index contributed by atoms with van der Waals surface area (Å²) in [6, 6.07) is 8.07. The van der Waals surface area contributed by atoms with E-state index in [0.717, 1.165) is 23.9 Å². The van der Waals surface area contributed by atoms with Crippen LogP contribution in [0.1, 0.15) is 38.5 Å². The Balaban J connectivity index is 1.56. The monoisotopic (exact) mass is 318 g/mol. The fourth-order valence-corrected chi connectivity index (χ4v) is 3.75. The van der Waals surface area contributed by atoms with E-state index in [2.05, 4.69) is 4.98 Å². The average molecular weight is 318 g/mol. The zero-order valence-electron chi connectivity index (χ0n) is 13.0. The highest BCUT2D eigenvalue weighted by molar-refractivity contribution is 7.99. The van der Waals surface area contributed by atoms with E-state index in [1.54, 1.807) is 0 Å². The van der Waals surface area contributed by atoms with E-state index in [9.17, 15) is 4.79 Å². The van der Waals surface area contributed by atoms with E-state index < -0.39 is 0 Å². The topological polar surface area (TPSA) is 46.3 Å². The highest BCUT2D eigenvalue weighted by atomic mass is 32.2. The molecule has 1 aliphatic rings. The van der Waals surface area contributed by atoms with Gasteiger partial charge in [0.25, 0.3) is 5.22 Å². The lowest BCUT2D eigenvalue weighted by Crippen LogP contribution is -2.37. The van der Waals surface area contributed by atoms with Gasteiger partial charge in [-0.15, -0.1) is 0 Å². The number of thioether (sulfide) groups is 1. The van der Waals surface area contributed by atoms with Crippen LogP contribution in [0.4, 0.5) is 0 Å². The zero-order chi connectivity index (χ0) is 15.4. The fraction of sp³-hybridized carbons (Fsp3) is 0.529. The van der Waals surface area contributed by atoms with E-state index in [1.807, 2.05) is 36.2 Å². The van der Waals surface area contributed by atoms with Crippen LogP contribution in [0.5, 0.6) is 0 Å². The summed E-state index contributed by atoms with van der Waals surface area (Å²) in [6.07, 6.45) is 7.35. The molecule has 0 bridgehead atoms. The van der Waals surface area contributed by atoms with E-state index in [1.165, 1.54) is 37.4 Å². The zero-order valence-corrected chi connectivity index (χ0v) is 13.8. The molecule has 0 unspecified atom stereocenters. The first-order chi connectivity index (χ1) is 10.7. The molecule has 0 N–H and O–H groups in total. The first kappa shape index (κ1) is 15.4. The smallest absolute Gasteiger partial charge is 0.257 e. The van der Waals surface area contributed by atoms with Crippen molar-refractivity contribution in [2.75, 3.05) is 12.8 Å². The molecule has 3 rings (SSSR count). The van der Waals surface area contributed by atoms with E-state index >= 15 is 0 Å². The molecule has 0 radical (unpaired) electrons. The Hall–Kier alpha value is -1.49. The first-order valence-electron chi connectivity index (χ1n) is 7.98. The molecule has 5 heteroatoms. The van der Waals surface area contributed by atoms with Crippen molar-refractivity contribution >= 4 is 28.8 Å². The Bertz CT molecular complexity index is 599. The Morgan fingerprint density at radius 3 is 2.73 bits per heavy atom. The SMILES string of the molecule is CN(C(=O)CSc1nc2ccccc2o1)C1CCCCCC1. The quantitative estimate of drug-likeness (QED) is 0.629. The van der Waals surface area contributed by atoms with Gasteiger partial charge in [-0.25, -0.2) is 4.98 Å². The number of nitrogens with zero attached hydrogens (tertiary/aromatic N) is 2. The highest BCUT2D eigenvalue weighted by Gasteiger charge is 2.21. The van der Waals surface area contributed by atoms with Gasteiger partial charge < -0.3 is 9.32 Å². The summed E-state index contributed by atoms with van der Waals surface area (Å²) in [5, 5.41) is 0.573. The number of carbonyl (C=O) groups excluding carboxylic acids is 1. The van der Waals surface area contributed by atoms with E-state index in [4.69, 9.17) is 4.42 Å². The molecule has 1 aromatic heterocycles. The molecule has 1 aromatic carbocycles. The molecule has 118 valence electrons. The van der Waals surface area contributed by atoms with Gasteiger partial charge in [0.1, 0.15) is 5.52 Å². The maximum Gasteiger partial charge on any atom is 0.257 e. The van der Waals surface area contributed by atoms with Crippen molar-refractivity contribution in [1.29, 1.82) is 0 Å². The molecule has 2 aromatic rings. The lowest BCUT2D eigenvalue weighted by Gasteiger charge is -2.27. The van der Waals surface area contributed by atoms with E-state index in [-0.39, 0.29) is 5.91 Å². The molecule has 0 atom stereocenters. The van der Waals surface area contributed by atoms with Gasteiger partial charge in [0.05, 0.1) is 5.75 Å². The molecule has 4 nitrogen and oxygen atoms in total. The van der Waals surface area contributed by atoms with Crippen LogP contribution < -0.4 is 0 Å². The van der Waals surface area contributed by atoms with Crippen LogP contribution >= 0.6 is 11.8 Å². The van der Waals surface area contributed by atoms with Crippen LogP contribution in [0.25, 0.3) is 11.1 Å². The van der Waals surface area contributed by atoms with Crippen molar-refractivity contribution in [1.82, 2.24) is 9.88 Å². The minimum atomic E-state index is 0.166. The molecule has 0 aliphatic heterocycles. The van der Waals surface area contributed by atoms with Crippen LogP contribution in [0.2, 0.25) is 0 Å². The largest absolute Gasteiger partial charge is 0.431 e. The van der Waals surface area contributed by atoms with Crippen molar-refractivity contribution in [2.45, 2.75) is 49.8 Å². The number of aromatic nitrogens is 1. The summed E-state index contributed by atoms with van der Waals surface area (Å²) in [4.78, 5) is 18.7. The molecular formula is C17H22N2O2S. The average Bonchev–Trinajstić information content (AvgIpc) is 2.76. The van der Waals surface area contributed by atoms with Crippen LogP contribution in [-0.4, -0.2) is 34.6 Å². The van der Waals surface area contributed by atoms with Crippen LogP contribution in [0.15, 0.2) is 33.9 Å². The van der Waals surface area contributed by atoms with Gasteiger partial charge in [0.2, 0.25) is 5.91 Å². The minimum absolute atomic E-state index is 0.166.